The highest BCUT2D eigenvalue weighted by Crippen LogP contribution is 2.29. The quantitative estimate of drug-likeness (QED) is 0.769. The van der Waals surface area contributed by atoms with Crippen LogP contribution in [0, 0.1) is 13.8 Å². The number of pyridine rings is 2. The molecular weight excluding hydrogens is 390 g/mol. The third kappa shape index (κ3) is 5.80. The largest absolute Gasteiger partial charge is 0.378 e. The molecule has 0 spiro atoms. The maximum atomic E-state index is 12.5. The number of hydrogen-bond donors (Lipinski definition) is 1. The predicted molar refractivity (Wildman–Crippen MR) is 122 cm³/mol. The first-order valence-corrected chi connectivity index (χ1v) is 11.3. The van der Waals surface area contributed by atoms with Gasteiger partial charge in [0, 0.05) is 61.8 Å². The number of carbonyl (C=O) groups excluding carboxylic acids is 1. The number of piperidine rings is 1. The highest BCUT2D eigenvalue weighted by Gasteiger charge is 2.24. The molecule has 0 saturated carbocycles. The van der Waals surface area contributed by atoms with E-state index in [1.165, 1.54) is 0 Å². The Hall–Kier alpha value is -2.51. The van der Waals surface area contributed by atoms with Gasteiger partial charge in [0.25, 0.3) is 0 Å². The highest BCUT2D eigenvalue weighted by molar-refractivity contribution is 5.76. The molecule has 31 heavy (non-hydrogen) atoms. The minimum Gasteiger partial charge on any atom is -0.378 e. The van der Waals surface area contributed by atoms with E-state index in [1.54, 1.807) is 0 Å². The van der Waals surface area contributed by atoms with Gasteiger partial charge in [-0.25, -0.2) is 4.98 Å². The molecule has 4 rings (SSSR count). The van der Waals surface area contributed by atoms with Crippen LogP contribution in [0.1, 0.15) is 42.1 Å². The lowest BCUT2D eigenvalue weighted by atomic mass is 9.93. The summed E-state index contributed by atoms with van der Waals surface area (Å²) in [4.78, 5) is 26.2. The van der Waals surface area contributed by atoms with Gasteiger partial charge in [0.05, 0.1) is 13.2 Å². The fourth-order valence-electron chi connectivity index (χ4n) is 4.45. The molecule has 0 aliphatic carbocycles. The van der Waals surface area contributed by atoms with Gasteiger partial charge in [-0.15, -0.1) is 0 Å². The maximum Gasteiger partial charge on any atom is 0.224 e. The Bertz CT molecular complexity index is 897. The Balaban J connectivity index is 1.38. The summed E-state index contributed by atoms with van der Waals surface area (Å²) < 4.78 is 5.35. The molecule has 2 aliphatic heterocycles. The average molecular weight is 424 g/mol. The number of carbonyl (C=O) groups is 1. The second kappa shape index (κ2) is 10.2. The second-order valence-electron chi connectivity index (χ2n) is 8.60. The third-order valence-corrected chi connectivity index (χ3v) is 6.17. The van der Waals surface area contributed by atoms with Gasteiger partial charge in [0.2, 0.25) is 5.91 Å². The van der Waals surface area contributed by atoms with Crippen LogP contribution in [-0.4, -0.2) is 71.6 Å². The zero-order valence-electron chi connectivity index (χ0n) is 18.6. The van der Waals surface area contributed by atoms with Crippen molar-refractivity contribution in [3.8, 4) is 0 Å². The van der Waals surface area contributed by atoms with Gasteiger partial charge in [-0.1, -0.05) is 6.07 Å². The molecule has 1 atom stereocenters. The van der Waals surface area contributed by atoms with Gasteiger partial charge >= 0.3 is 0 Å². The molecule has 2 saturated heterocycles. The van der Waals surface area contributed by atoms with Crippen molar-refractivity contribution in [2.24, 2.45) is 0 Å². The predicted octanol–water partition coefficient (Wildman–Crippen LogP) is 3.27. The van der Waals surface area contributed by atoms with Crippen molar-refractivity contribution in [3.05, 3.63) is 47.4 Å². The molecule has 7 nitrogen and oxygen atoms in total. The number of rotatable bonds is 6. The van der Waals surface area contributed by atoms with Crippen LogP contribution in [0.4, 0.5) is 11.5 Å². The fraction of sp³-hybridized carbons (Fsp3) is 0.542. The van der Waals surface area contributed by atoms with E-state index in [0.717, 1.165) is 74.0 Å². The van der Waals surface area contributed by atoms with Crippen molar-refractivity contribution in [2.45, 2.75) is 39.0 Å². The van der Waals surface area contributed by atoms with E-state index in [4.69, 9.17) is 9.72 Å². The highest BCUT2D eigenvalue weighted by atomic mass is 16.5. The summed E-state index contributed by atoms with van der Waals surface area (Å²) in [6, 6.07) is 8.24. The van der Waals surface area contributed by atoms with Crippen LogP contribution in [0.3, 0.4) is 0 Å². The topological polar surface area (TPSA) is 70.6 Å². The van der Waals surface area contributed by atoms with Gasteiger partial charge in [0.1, 0.15) is 5.82 Å². The van der Waals surface area contributed by atoms with E-state index >= 15 is 0 Å². The Labute approximate surface area is 184 Å². The number of amides is 1. The zero-order valence-corrected chi connectivity index (χ0v) is 18.6. The van der Waals surface area contributed by atoms with Crippen LogP contribution in [0.5, 0.6) is 0 Å². The first kappa shape index (κ1) is 21.7. The molecule has 166 valence electrons. The molecule has 1 N–H and O–H groups in total. The lowest BCUT2D eigenvalue weighted by molar-refractivity contribution is -0.135. The van der Waals surface area contributed by atoms with Crippen molar-refractivity contribution in [2.75, 3.05) is 51.3 Å². The van der Waals surface area contributed by atoms with Crippen molar-refractivity contribution in [3.63, 3.8) is 0 Å². The number of hydrogen-bond acceptors (Lipinski definition) is 6. The molecular formula is C24H33N5O2. The Morgan fingerprint density at radius 3 is 2.87 bits per heavy atom. The second-order valence-corrected chi connectivity index (χ2v) is 8.60. The van der Waals surface area contributed by atoms with Gasteiger partial charge in [0.15, 0.2) is 0 Å². The van der Waals surface area contributed by atoms with Crippen molar-refractivity contribution < 1.29 is 9.53 Å². The minimum atomic E-state index is 0.247. The summed E-state index contributed by atoms with van der Waals surface area (Å²) in [5, 5.41) is 3.46. The summed E-state index contributed by atoms with van der Waals surface area (Å²) in [7, 11) is 0. The molecule has 1 amide bonds. The zero-order chi connectivity index (χ0) is 21.6. The van der Waals surface area contributed by atoms with E-state index in [-0.39, 0.29) is 5.91 Å². The van der Waals surface area contributed by atoms with Crippen molar-refractivity contribution >= 4 is 17.4 Å². The number of ether oxygens (including phenoxy) is 1. The number of likely N-dealkylation sites (tertiary alicyclic amines) is 1. The summed E-state index contributed by atoms with van der Waals surface area (Å²) in [6.45, 7) is 9.68. The number of aromatic nitrogens is 2. The molecule has 0 bridgehead atoms. The number of morpholine rings is 1. The summed E-state index contributed by atoms with van der Waals surface area (Å²) >= 11 is 0. The van der Waals surface area contributed by atoms with Crippen LogP contribution < -0.4 is 5.32 Å². The number of aryl methyl sites for hydroxylation is 2. The molecule has 0 radical (unpaired) electrons. The van der Waals surface area contributed by atoms with E-state index in [9.17, 15) is 4.79 Å². The summed E-state index contributed by atoms with van der Waals surface area (Å²) in [5.41, 5.74) is 4.28. The van der Waals surface area contributed by atoms with E-state index < -0.39 is 0 Å². The monoisotopic (exact) mass is 423 g/mol. The van der Waals surface area contributed by atoms with Gasteiger partial charge in [-0.05, 0) is 57.0 Å². The van der Waals surface area contributed by atoms with E-state index in [1.807, 2.05) is 24.1 Å². The van der Waals surface area contributed by atoms with Crippen molar-refractivity contribution in [1.82, 2.24) is 19.8 Å². The van der Waals surface area contributed by atoms with E-state index in [0.29, 0.717) is 25.6 Å². The molecule has 2 fully saturated rings. The maximum absolute atomic E-state index is 12.5. The summed E-state index contributed by atoms with van der Waals surface area (Å²) in [5.74, 6) is 1.51. The van der Waals surface area contributed by atoms with Crippen LogP contribution in [0.2, 0.25) is 0 Å². The van der Waals surface area contributed by atoms with Crippen LogP contribution in [0.15, 0.2) is 30.5 Å². The lowest BCUT2D eigenvalue weighted by Gasteiger charge is -2.33. The lowest BCUT2D eigenvalue weighted by Crippen LogP contribution is -2.43. The Morgan fingerprint density at radius 2 is 2.06 bits per heavy atom. The molecule has 7 heteroatoms. The van der Waals surface area contributed by atoms with Gasteiger partial charge in [-0.2, -0.15) is 0 Å². The van der Waals surface area contributed by atoms with Gasteiger partial charge < -0.3 is 19.9 Å². The molecule has 2 aromatic heterocycles. The van der Waals surface area contributed by atoms with Crippen LogP contribution in [-0.2, 0) is 9.53 Å². The minimum absolute atomic E-state index is 0.247. The first-order chi connectivity index (χ1) is 15.1. The molecule has 0 unspecified atom stereocenters. The molecule has 2 aromatic rings. The SMILES string of the molecule is Cc1cc(Nc2ncccc2C)cc([C@@H]2CCCN(CCC(=O)N3CCOCC3)C2)n1. The molecule has 4 heterocycles. The summed E-state index contributed by atoms with van der Waals surface area (Å²) in [6.07, 6.45) is 4.65. The normalized spacial score (nSPS) is 19.9. The van der Waals surface area contributed by atoms with Gasteiger partial charge in [-0.3, -0.25) is 9.78 Å². The number of nitrogens with zero attached hydrogens (tertiary/aromatic N) is 4. The smallest absolute Gasteiger partial charge is 0.224 e. The Morgan fingerprint density at radius 1 is 1.23 bits per heavy atom. The van der Waals surface area contributed by atoms with Crippen LogP contribution in [0.25, 0.3) is 0 Å². The molecule has 2 aliphatic rings. The van der Waals surface area contributed by atoms with Crippen molar-refractivity contribution in [1.29, 1.82) is 0 Å². The Kier molecular flexibility index (Phi) is 7.14. The van der Waals surface area contributed by atoms with E-state index in [2.05, 4.69) is 40.3 Å². The standard InChI is InChI=1S/C24H33N5O2/c1-18-5-3-8-25-24(18)27-21-15-19(2)26-22(16-21)20-6-4-9-28(17-20)10-7-23(30)29-11-13-31-14-12-29/h3,5,8,15-16,20H,4,6-7,9-14,17H2,1-2H3,(H,25,26,27)/t20-/m1/s1. The van der Waals surface area contributed by atoms with Crippen LogP contribution >= 0.6 is 0 Å². The number of anilines is 2. The number of nitrogens with one attached hydrogen (secondary N) is 1. The fourth-order valence-corrected chi connectivity index (χ4v) is 4.45. The molecule has 0 aromatic carbocycles. The average Bonchev–Trinajstić information content (AvgIpc) is 2.79. The third-order valence-electron chi connectivity index (χ3n) is 6.17. The first-order valence-electron chi connectivity index (χ1n) is 11.3.